The van der Waals surface area contributed by atoms with Crippen LogP contribution < -0.4 is 5.32 Å². The van der Waals surface area contributed by atoms with E-state index >= 15 is 0 Å². The first-order valence-corrected chi connectivity index (χ1v) is 7.08. The quantitative estimate of drug-likeness (QED) is 0.867. The van der Waals surface area contributed by atoms with Gasteiger partial charge in [-0.1, -0.05) is 0 Å². The molecule has 3 amide bonds. The van der Waals surface area contributed by atoms with Crippen LogP contribution in [0.15, 0.2) is 12.3 Å². The van der Waals surface area contributed by atoms with Gasteiger partial charge in [-0.15, -0.1) is 0 Å². The summed E-state index contributed by atoms with van der Waals surface area (Å²) in [6, 6.07) is 1.70. The topological polar surface area (TPSA) is 70.5 Å². The number of hydrogen-bond acceptors (Lipinski definition) is 3. The summed E-state index contributed by atoms with van der Waals surface area (Å²) in [5.74, 6) is 0.626. The van der Waals surface area contributed by atoms with Gasteiger partial charge in [-0.05, 0) is 20.3 Å². The van der Waals surface area contributed by atoms with Gasteiger partial charge in [0.2, 0.25) is 5.91 Å². The zero-order valence-corrected chi connectivity index (χ0v) is 13.5. The van der Waals surface area contributed by atoms with Crippen LogP contribution in [0.5, 0.6) is 0 Å². The number of anilines is 1. The first kappa shape index (κ1) is 17.0. The van der Waals surface area contributed by atoms with Gasteiger partial charge in [0.05, 0.1) is 0 Å². The summed E-state index contributed by atoms with van der Waals surface area (Å²) in [5.41, 5.74) is 0. The lowest BCUT2D eigenvalue weighted by Crippen LogP contribution is -2.36. The largest absolute Gasteiger partial charge is 0.349 e. The first-order valence-electron chi connectivity index (χ1n) is 7.08. The van der Waals surface area contributed by atoms with Crippen LogP contribution in [0.25, 0.3) is 0 Å². The summed E-state index contributed by atoms with van der Waals surface area (Å²) in [6.45, 7) is 4.54. The number of rotatable bonds is 6. The molecule has 1 aromatic rings. The molecule has 7 heteroatoms. The van der Waals surface area contributed by atoms with Crippen molar-refractivity contribution in [1.82, 2.24) is 19.6 Å². The number of aromatic nitrogens is 2. The Morgan fingerprint density at radius 1 is 1.33 bits per heavy atom. The Hall–Kier alpha value is -2.05. The minimum atomic E-state index is -0.182. The van der Waals surface area contributed by atoms with E-state index in [1.54, 1.807) is 47.9 Å². The molecule has 0 aliphatic heterocycles. The van der Waals surface area contributed by atoms with Gasteiger partial charge in [-0.3, -0.25) is 14.8 Å². The molecule has 1 rings (SSSR count). The molecule has 0 fully saturated rings. The molecule has 0 radical (unpaired) electrons. The van der Waals surface area contributed by atoms with Gasteiger partial charge in [0, 0.05) is 52.4 Å². The third-order valence-corrected chi connectivity index (χ3v) is 3.25. The maximum atomic E-state index is 11.9. The summed E-state index contributed by atoms with van der Waals surface area (Å²) in [4.78, 5) is 26.5. The Kier molecular flexibility index (Phi) is 6.20. The second-order valence-corrected chi connectivity index (χ2v) is 5.49. The number of amides is 3. The van der Waals surface area contributed by atoms with Gasteiger partial charge >= 0.3 is 6.03 Å². The Labute approximate surface area is 125 Å². The normalized spacial score (nSPS) is 10.6. The fourth-order valence-corrected chi connectivity index (χ4v) is 1.60. The zero-order chi connectivity index (χ0) is 16.0. The molecule has 0 atom stereocenters. The molecular weight excluding hydrogens is 270 g/mol. The number of aryl methyl sites for hydroxylation is 1. The molecule has 0 spiro atoms. The molecule has 0 unspecified atom stereocenters. The molecule has 1 heterocycles. The summed E-state index contributed by atoms with van der Waals surface area (Å²) in [7, 11) is 5.23. The average molecular weight is 295 g/mol. The highest BCUT2D eigenvalue weighted by Crippen LogP contribution is 2.06. The van der Waals surface area contributed by atoms with Crippen molar-refractivity contribution >= 4 is 17.8 Å². The molecule has 0 aliphatic carbocycles. The van der Waals surface area contributed by atoms with Crippen molar-refractivity contribution in [2.75, 3.05) is 26.5 Å². The molecule has 118 valence electrons. The van der Waals surface area contributed by atoms with Crippen molar-refractivity contribution in [3.63, 3.8) is 0 Å². The van der Waals surface area contributed by atoms with Crippen molar-refractivity contribution in [2.45, 2.75) is 39.3 Å². The molecular formula is C14H25N5O2. The summed E-state index contributed by atoms with van der Waals surface area (Å²) >= 11 is 0. The molecule has 0 aromatic carbocycles. The lowest BCUT2D eigenvalue weighted by Gasteiger charge is -2.20. The molecule has 7 nitrogen and oxygen atoms in total. The molecule has 0 bridgehead atoms. The lowest BCUT2D eigenvalue weighted by atomic mass is 10.3. The van der Waals surface area contributed by atoms with Crippen LogP contribution in [0.1, 0.15) is 26.7 Å². The predicted molar refractivity (Wildman–Crippen MR) is 82.1 cm³/mol. The van der Waals surface area contributed by atoms with Crippen LogP contribution in [0.3, 0.4) is 0 Å². The Bertz CT molecular complexity index is 481. The van der Waals surface area contributed by atoms with E-state index in [-0.39, 0.29) is 18.0 Å². The van der Waals surface area contributed by atoms with E-state index in [4.69, 9.17) is 0 Å². The van der Waals surface area contributed by atoms with Crippen molar-refractivity contribution in [3.05, 3.63) is 12.3 Å². The van der Waals surface area contributed by atoms with Gasteiger partial charge in [-0.2, -0.15) is 5.10 Å². The van der Waals surface area contributed by atoms with E-state index < -0.39 is 0 Å². The number of carbonyl (C=O) groups is 2. The van der Waals surface area contributed by atoms with Gasteiger partial charge in [0.15, 0.2) is 5.82 Å². The molecule has 0 saturated heterocycles. The summed E-state index contributed by atoms with van der Waals surface area (Å²) in [5, 5.41) is 7.01. The first-order chi connectivity index (χ1) is 9.81. The second kappa shape index (κ2) is 7.66. The van der Waals surface area contributed by atoms with Crippen LogP contribution in [0.2, 0.25) is 0 Å². The Morgan fingerprint density at radius 3 is 2.57 bits per heavy atom. The predicted octanol–water partition coefficient (Wildman–Crippen LogP) is 1.62. The fraction of sp³-hybridized carbons (Fsp3) is 0.643. The maximum Gasteiger partial charge on any atom is 0.323 e. The number of nitrogens with zero attached hydrogens (tertiary/aromatic N) is 4. The van der Waals surface area contributed by atoms with Crippen molar-refractivity contribution in [1.29, 1.82) is 0 Å². The average Bonchev–Trinajstić information content (AvgIpc) is 2.84. The number of urea groups is 1. The van der Waals surface area contributed by atoms with Crippen molar-refractivity contribution in [3.8, 4) is 0 Å². The van der Waals surface area contributed by atoms with Crippen LogP contribution in [-0.4, -0.2) is 58.7 Å². The number of hydrogen-bond donors (Lipinski definition) is 1. The Morgan fingerprint density at radius 2 is 2.00 bits per heavy atom. The van der Waals surface area contributed by atoms with E-state index in [1.807, 2.05) is 13.8 Å². The third kappa shape index (κ3) is 5.45. The standard InChI is InChI=1S/C14H25N5O2/c1-11(2)18(5)14(21)15-12-8-10-19(16-12)9-6-7-13(20)17(3)4/h8,10-11H,6-7,9H2,1-5H3,(H,15,16,21). The van der Waals surface area contributed by atoms with Crippen LogP contribution in [0, 0.1) is 0 Å². The molecule has 0 aliphatic rings. The minimum absolute atomic E-state index is 0.106. The molecule has 1 N–H and O–H groups in total. The summed E-state index contributed by atoms with van der Waals surface area (Å²) in [6.07, 6.45) is 3.01. The van der Waals surface area contributed by atoms with Gasteiger partial charge in [0.1, 0.15) is 0 Å². The van der Waals surface area contributed by atoms with Crippen molar-refractivity contribution in [2.24, 2.45) is 0 Å². The highest BCUT2D eigenvalue weighted by molar-refractivity contribution is 5.88. The second-order valence-electron chi connectivity index (χ2n) is 5.49. The molecule has 0 saturated carbocycles. The number of carbonyl (C=O) groups excluding carboxylic acids is 2. The Balaban J connectivity index is 2.43. The van der Waals surface area contributed by atoms with E-state index in [1.165, 1.54) is 0 Å². The smallest absolute Gasteiger partial charge is 0.323 e. The van der Waals surface area contributed by atoms with E-state index in [9.17, 15) is 9.59 Å². The van der Waals surface area contributed by atoms with E-state index in [0.29, 0.717) is 18.8 Å². The minimum Gasteiger partial charge on any atom is -0.349 e. The van der Waals surface area contributed by atoms with Crippen LogP contribution in [-0.2, 0) is 11.3 Å². The van der Waals surface area contributed by atoms with Gasteiger partial charge in [0.25, 0.3) is 0 Å². The molecule has 21 heavy (non-hydrogen) atoms. The van der Waals surface area contributed by atoms with Crippen LogP contribution in [0.4, 0.5) is 10.6 Å². The maximum absolute atomic E-state index is 11.9. The van der Waals surface area contributed by atoms with E-state index in [2.05, 4.69) is 10.4 Å². The third-order valence-electron chi connectivity index (χ3n) is 3.25. The molecule has 1 aromatic heterocycles. The van der Waals surface area contributed by atoms with Gasteiger partial charge in [-0.25, -0.2) is 4.79 Å². The van der Waals surface area contributed by atoms with E-state index in [0.717, 1.165) is 6.42 Å². The fourth-order valence-electron chi connectivity index (χ4n) is 1.60. The van der Waals surface area contributed by atoms with Gasteiger partial charge < -0.3 is 9.80 Å². The highest BCUT2D eigenvalue weighted by atomic mass is 16.2. The SMILES string of the molecule is CC(C)N(C)C(=O)Nc1ccn(CCCC(=O)N(C)C)n1. The highest BCUT2D eigenvalue weighted by Gasteiger charge is 2.13. The lowest BCUT2D eigenvalue weighted by molar-refractivity contribution is -0.128. The number of nitrogens with one attached hydrogen (secondary N) is 1. The monoisotopic (exact) mass is 295 g/mol. The summed E-state index contributed by atoms with van der Waals surface area (Å²) < 4.78 is 1.73. The van der Waals surface area contributed by atoms with Crippen LogP contribution >= 0.6 is 0 Å². The zero-order valence-electron chi connectivity index (χ0n) is 13.5. The van der Waals surface area contributed by atoms with Crippen molar-refractivity contribution < 1.29 is 9.59 Å².